The molecule has 1 aliphatic heterocycles. The van der Waals surface area contributed by atoms with Gasteiger partial charge in [-0.3, -0.25) is 0 Å². The first-order valence-electron chi connectivity index (χ1n) is 13.2. The molecule has 0 saturated carbocycles. The van der Waals surface area contributed by atoms with Crippen molar-refractivity contribution in [2.24, 2.45) is 5.90 Å². The third-order valence-electron chi connectivity index (χ3n) is 6.75. The molecule has 13 heteroatoms. The summed E-state index contributed by atoms with van der Waals surface area (Å²) < 4.78 is 13.1. The highest BCUT2D eigenvalue weighted by Gasteiger charge is 2.24. The van der Waals surface area contributed by atoms with Crippen molar-refractivity contribution >= 4 is 28.9 Å². The highest BCUT2D eigenvalue weighted by atomic mass is 16.7. The average molecular weight is 548 g/mol. The number of methoxy groups -OCH3 is 1. The number of anilines is 2. The molecule has 1 fully saturated rings. The molecule has 4 heterocycles. The van der Waals surface area contributed by atoms with Crippen molar-refractivity contribution < 1.29 is 19.1 Å². The van der Waals surface area contributed by atoms with Crippen LogP contribution in [0.15, 0.2) is 36.7 Å². The first-order valence-corrected chi connectivity index (χ1v) is 13.2. The molecule has 0 radical (unpaired) electrons. The van der Waals surface area contributed by atoms with Gasteiger partial charge < -0.3 is 28.7 Å². The number of imidazole rings is 1. The number of benzene rings is 1. The predicted molar refractivity (Wildman–Crippen MR) is 149 cm³/mol. The number of morpholine rings is 1. The van der Waals surface area contributed by atoms with Gasteiger partial charge in [-0.15, -0.1) is 0 Å². The normalized spacial score (nSPS) is 13.4. The Labute approximate surface area is 231 Å². The number of carbonyl (C=O) groups excluding carboxylic acids is 1. The van der Waals surface area contributed by atoms with Gasteiger partial charge in [0, 0.05) is 44.6 Å². The van der Waals surface area contributed by atoms with Gasteiger partial charge in [0.05, 0.1) is 32.4 Å². The van der Waals surface area contributed by atoms with Gasteiger partial charge in [-0.25, -0.2) is 29.7 Å². The first-order chi connectivity index (χ1) is 19.5. The zero-order chi connectivity index (χ0) is 28.1. The molecule has 0 spiro atoms. The summed E-state index contributed by atoms with van der Waals surface area (Å²) in [5.74, 6) is 7.71. The van der Waals surface area contributed by atoms with E-state index in [2.05, 4.69) is 31.2 Å². The highest BCUT2D eigenvalue weighted by molar-refractivity contribution is 5.88. The van der Waals surface area contributed by atoms with Crippen LogP contribution >= 0.6 is 0 Å². The first kappa shape index (κ1) is 27.2. The number of hydrogen-bond donors (Lipinski definition) is 1. The summed E-state index contributed by atoms with van der Waals surface area (Å²) >= 11 is 0. The van der Waals surface area contributed by atoms with Crippen LogP contribution in [0.4, 0.5) is 11.8 Å². The molecule has 2 N–H and O–H groups in total. The molecular weight excluding hydrogens is 514 g/mol. The van der Waals surface area contributed by atoms with Crippen LogP contribution in [0.5, 0.6) is 5.75 Å². The van der Waals surface area contributed by atoms with Gasteiger partial charge in [0.1, 0.15) is 11.6 Å². The maximum Gasteiger partial charge on any atom is 0.359 e. The van der Waals surface area contributed by atoms with Crippen LogP contribution in [0.1, 0.15) is 35.9 Å². The van der Waals surface area contributed by atoms with E-state index >= 15 is 0 Å². The number of aromatic nitrogens is 6. The smallest absolute Gasteiger partial charge is 0.359 e. The molecule has 1 aromatic carbocycles. The third-order valence-corrected chi connectivity index (χ3v) is 6.75. The van der Waals surface area contributed by atoms with E-state index in [0.29, 0.717) is 31.5 Å². The summed E-state index contributed by atoms with van der Waals surface area (Å²) in [6.07, 6.45) is 4.75. The number of hydrogen-bond acceptors (Lipinski definition) is 12. The number of fused-ring (bicyclic) bond motifs is 1. The second-order valence-electron chi connectivity index (χ2n) is 9.44. The summed E-state index contributed by atoms with van der Waals surface area (Å²) in [6, 6.07) is 7.74. The van der Waals surface area contributed by atoms with Crippen LogP contribution in [0.25, 0.3) is 22.6 Å². The monoisotopic (exact) mass is 547 g/mol. The zero-order valence-corrected chi connectivity index (χ0v) is 22.9. The standard InChI is InChI=1S/C27H33N9O4/c1-4-5-10-36-21(17-34(2)27-29-15-19(16-30-27)26(37)40-28)31-22-24(35-11-13-39-14-12-35)32-23(33-25(22)36)18-6-8-20(38-3)9-7-18/h6-9,15-16H,4-5,10-14,17,28H2,1-3H3. The van der Waals surface area contributed by atoms with Crippen molar-refractivity contribution in [2.45, 2.75) is 32.9 Å². The fourth-order valence-electron chi connectivity index (χ4n) is 4.54. The molecule has 40 heavy (non-hydrogen) atoms. The minimum Gasteiger partial charge on any atom is -0.497 e. The number of ether oxygens (including phenoxy) is 2. The molecule has 5 rings (SSSR count). The number of nitrogens with zero attached hydrogens (tertiary/aromatic N) is 8. The molecule has 1 aliphatic rings. The summed E-state index contributed by atoms with van der Waals surface area (Å²) in [5, 5.41) is 0. The molecule has 1 saturated heterocycles. The summed E-state index contributed by atoms with van der Waals surface area (Å²) in [5.41, 5.74) is 2.59. The second kappa shape index (κ2) is 12.2. The van der Waals surface area contributed by atoms with E-state index < -0.39 is 5.97 Å². The van der Waals surface area contributed by atoms with Crippen LogP contribution in [0, 0.1) is 0 Å². The van der Waals surface area contributed by atoms with E-state index in [1.165, 1.54) is 12.4 Å². The Balaban J connectivity index is 1.58. The minimum atomic E-state index is -0.697. The molecule has 0 unspecified atom stereocenters. The van der Waals surface area contributed by atoms with Crippen LogP contribution in [0.2, 0.25) is 0 Å². The number of carbonyl (C=O) groups is 1. The van der Waals surface area contributed by atoms with E-state index in [1.54, 1.807) is 7.11 Å². The molecule has 13 nitrogen and oxygen atoms in total. The fraction of sp³-hybridized carbons (Fsp3) is 0.407. The molecule has 0 atom stereocenters. The lowest BCUT2D eigenvalue weighted by atomic mass is 10.2. The lowest BCUT2D eigenvalue weighted by Gasteiger charge is -2.28. The van der Waals surface area contributed by atoms with E-state index in [0.717, 1.165) is 66.6 Å². The summed E-state index contributed by atoms with van der Waals surface area (Å²) in [4.78, 5) is 43.7. The van der Waals surface area contributed by atoms with Gasteiger partial charge in [-0.1, -0.05) is 13.3 Å². The van der Waals surface area contributed by atoms with Crippen molar-refractivity contribution in [3.63, 3.8) is 0 Å². The van der Waals surface area contributed by atoms with Crippen LogP contribution < -0.4 is 20.4 Å². The molecular formula is C27H33N9O4. The number of aryl methyl sites for hydroxylation is 1. The Kier molecular flexibility index (Phi) is 8.31. The number of nitrogens with two attached hydrogens (primary N) is 1. The quantitative estimate of drug-likeness (QED) is 0.291. The van der Waals surface area contributed by atoms with E-state index in [9.17, 15) is 4.79 Å². The number of rotatable bonds is 10. The van der Waals surface area contributed by atoms with Crippen molar-refractivity contribution in [1.82, 2.24) is 29.5 Å². The van der Waals surface area contributed by atoms with Crippen LogP contribution in [-0.2, 0) is 22.7 Å². The van der Waals surface area contributed by atoms with Crippen molar-refractivity contribution in [3.05, 3.63) is 48.0 Å². The van der Waals surface area contributed by atoms with Gasteiger partial charge in [0.15, 0.2) is 22.8 Å². The topological polar surface area (TPSA) is 147 Å². The van der Waals surface area contributed by atoms with Gasteiger partial charge >= 0.3 is 5.97 Å². The van der Waals surface area contributed by atoms with E-state index in [1.807, 2.05) is 36.2 Å². The Morgan fingerprint density at radius 1 is 1.10 bits per heavy atom. The fourth-order valence-corrected chi connectivity index (χ4v) is 4.54. The average Bonchev–Trinajstić information content (AvgIpc) is 3.36. The molecule has 0 amide bonds. The van der Waals surface area contributed by atoms with E-state index in [-0.39, 0.29) is 5.56 Å². The Morgan fingerprint density at radius 3 is 2.48 bits per heavy atom. The van der Waals surface area contributed by atoms with Crippen molar-refractivity contribution in [1.29, 1.82) is 0 Å². The lowest BCUT2D eigenvalue weighted by molar-refractivity contribution is 0.0502. The van der Waals surface area contributed by atoms with Gasteiger partial charge in [-0.05, 0) is 30.7 Å². The Bertz CT molecular complexity index is 1450. The largest absolute Gasteiger partial charge is 0.497 e. The molecule has 3 aromatic heterocycles. The SMILES string of the molecule is CCCCn1c(CN(C)c2ncc(C(=O)ON)cn2)nc2c(N3CCOCC3)nc(-c3ccc(OC)cc3)nc21. The summed E-state index contributed by atoms with van der Waals surface area (Å²) in [6.45, 7) is 6.01. The number of unbranched alkanes of at least 4 members (excludes halogenated alkanes) is 1. The minimum absolute atomic E-state index is 0.173. The van der Waals surface area contributed by atoms with Crippen molar-refractivity contribution in [2.75, 3.05) is 50.3 Å². The maximum atomic E-state index is 11.7. The Hall–Kier alpha value is -4.36. The highest BCUT2D eigenvalue weighted by Crippen LogP contribution is 2.30. The van der Waals surface area contributed by atoms with Crippen LogP contribution in [-0.4, -0.2) is 75.9 Å². The van der Waals surface area contributed by atoms with Gasteiger partial charge in [-0.2, -0.15) is 5.90 Å². The zero-order valence-electron chi connectivity index (χ0n) is 22.9. The van der Waals surface area contributed by atoms with Gasteiger partial charge in [0.2, 0.25) is 5.95 Å². The van der Waals surface area contributed by atoms with Gasteiger partial charge in [0.25, 0.3) is 0 Å². The predicted octanol–water partition coefficient (Wildman–Crippen LogP) is 2.60. The molecule has 0 aliphatic carbocycles. The second-order valence-corrected chi connectivity index (χ2v) is 9.44. The van der Waals surface area contributed by atoms with E-state index in [4.69, 9.17) is 30.3 Å². The van der Waals surface area contributed by atoms with Crippen LogP contribution in [0.3, 0.4) is 0 Å². The maximum absolute atomic E-state index is 11.7. The molecule has 210 valence electrons. The summed E-state index contributed by atoms with van der Waals surface area (Å²) in [7, 11) is 3.52. The van der Waals surface area contributed by atoms with Crippen molar-refractivity contribution in [3.8, 4) is 17.1 Å². The molecule has 4 aromatic rings. The Morgan fingerprint density at radius 2 is 1.82 bits per heavy atom. The molecule has 0 bridgehead atoms. The lowest BCUT2D eigenvalue weighted by Crippen LogP contribution is -2.37. The third kappa shape index (κ3) is 5.65.